The van der Waals surface area contributed by atoms with Crippen LogP contribution in [0.1, 0.15) is 39.0 Å². The van der Waals surface area contributed by atoms with Gasteiger partial charge >= 0.3 is 0 Å². The van der Waals surface area contributed by atoms with Crippen molar-refractivity contribution < 1.29 is 17.9 Å². The van der Waals surface area contributed by atoms with E-state index in [4.69, 9.17) is 9.72 Å². The first-order chi connectivity index (χ1) is 14.0. The fraction of sp³-hybridized carbons (Fsp3) is 0.600. The minimum Gasteiger partial charge on any atom is -0.379 e. The molecule has 2 fully saturated rings. The number of rotatable bonds is 5. The molecule has 1 aliphatic heterocycles. The fourth-order valence-corrected chi connectivity index (χ4v) is 6.68. The van der Waals surface area contributed by atoms with Gasteiger partial charge in [-0.3, -0.25) is 4.79 Å². The van der Waals surface area contributed by atoms with E-state index in [1.54, 1.807) is 12.1 Å². The first kappa shape index (κ1) is 20.8. The van der Waals surface area contributed by atoms with E-state index < -0.39 is 10.0 Å². The molecular formula is C20H27N3O4S2. The number of thioether (sulfide) groups is 1. The molecule has 1 saturated carbocycles. The third kappa shape index (κ3) is 4.23. The van der Waals surface area contributed by atoms with Crippen LogP contribution in [0.25, 0.3) is 11.0 Å². The van der Waals surface area contributed by atoms with Crippen molar-refractivity contribution in [2.45, 2.75) is 60.9 Å². The lowest BCUT2D eigenvalue weighted by atomic mass is 10.2. The number of hydrogen-bond acceptors (Lipinski definition) is 6. The second kappa shape index (κ2) is 8.75. The van der Waals surface area contributed by atoms with E-state index in [9.17, 15) is 13.2 Å². The van der Waals surface area contributed by atoms with Crippen molar-refractivity contribution in [3.8, 4) is 0 Å². The molecule has 4 rings (SSSR count). The summed E-state index contributed by atoms with van der Waals surface area (Å²) in [5.74, 6) is 0.304. The average molecular weight is 438 g/mol. The fourth-order valence-electron chi connectivity index (χ4n) is 3.96. The maximum Gasteiger partial charge on any atom is 0.243 e. The van der Waals surface area contributed by atoms with Crippen LogP contribution in [0, 0.1) is 0 Å². The Morgan fingerprint density at radius 2 is 2.00 bits per heavy atom. The van der Waals surface area contributed by atoms with Crippen molar-refractivity contribution >= 4 is 38.6 Å². The first-order valence-electron chi connectivity index (χ1n) is 10.3. The van der Waals surface area contributed by atoms with Crippen molar-refractivity contribution in [2.24, 2.45) is 0 Å². The lowest BCUT2D eigenvalue weighted by molar-refractivity contribution is -0.118. The van der Waals surface area contributed by atoms with E-state index in [2.05, 4.69) is 4.57 Å². The molecular weight excluding hydrogens is 410 g/mol. The average Bonchev–Trinajstić information content (AvgIpc) is 2.96. The van der Waals surface area contributed by atoms with Crippen molar-refractivity contribution in [1.29, 1.82) is 0 Å². The molecule has 0 unspecified atom stereocenters. The summed E-state index contributed by atoms with van der Waals surface area (Å²) in [6.45, 7) is 4.33. The number of hydrogen-bond donors (Lipinski definition) is 0. The predicted octanol–water partition coefficient (Wildman–Crippen LogP) is 3.07. The van der Waals surface area contributed by atoms with E-state index >= 15 is 0 Å². The molecule has 0 amide bonds. The van der Waals surface area contributed by atoms with Crippen molar-refractivity contribution in [1.82, 2.24) is 13.9 Å². The molecule has 9 heteroatoms. The number of sulfonamides is 1. The topological polar surface area (TPSA) is 81.5 Å². The number of benzene rings is 1. The van der Waals surface area contributed by atoms with Gasteiger partial charge < -0.3 is 9.30 Å². The molecule has 2 heterocycles. The number of aryl methyl sites for hydroxylation is 1. The highest BCUT2D eigenvalue weighted by Gasteiger charge is 2.28. The number of carbonyl (C=O) groups is 1. The monoisotopic (exact) mass is 437 g/mol. The summed E-state index contributed by atoms with van der Waals surface area (Å²) in [5, 5.41) is 0.736. The summed E-state index contributed by atoms with van der Waals surface area (Å²) in [6.07, 6.45) is 4.68. The van der Waals surface area contributed by atoms with Crippen molar-refractivity contribution in [3.05, 3.63) is 18.2 Å². The largest absolute Gasteiger partial charge is 0.379 e. The van der Waals surface area contributed by atoms with E-state index in [0.717, 1.165) is 42.9 Å². The number of nitrogens with zero attached hydrogens (tertiary/aromatic N) is 3. The third-order valence-corrected chi connectivity index (χ3v) is 8.81. The number of morpholine rings is 1. The molecule has 158 valence electrons. The molecule has 0 radical (unpaired) electrons. The normalized spacial score (nSPS) is 22.1. The number of ketones is 1. The van der Waals surface area contributed by atoms with Gasteiger partial charge in [0.1, 0.15) is 5.78 Å². The van der Waals surface area contributed by atoms with Crippen LogP contribution in [0.4, 0.5) is 0 Å². The van der Waals surface area contributed by atoms with Gasteiger partial charge in [0.2, 0.25) is 10.0 Å². The zero-order chi connectivity index (χ0) is 20.4. The van der Waals surface area contributed by atoms with Crippen molar-refractivity contribution in [3.63, 3.8) is 0 Å². The van der Waals surface area contributed by atoms with Gasteiger partial charge in [0.05, 0.1) is 34.4 Å². The number of fused-ring (bicyclic) bond motifs is 1. The van der Waals surface area contributed by atoms with E-state index in [-0.39, 0.29) is 10.1 Å². The predicted molar refractivity (Wildman–Crippen MR) is 113 cm³/mol. The standard InChI is InChI=1S/C20H27N3O4S2/c1-2-23-17-9-8-15(29(25,26)22-10-12-27-13-11-22)14-16(17)21-20(23)28-19-7-5-3-4-6-18(19)24/h8-9,14,19H,2-7,10-13H2,1H3/t19-/m1/s1. The number of Topliss-reactive ketones (excluding diaryl/α,β-unsaturated/α-hetero) is 1. The van der Waals surface area contributed by atoms with E-state index in [1.165, 1.54) is 16.1 Å². The van der Waals surface area contributed by atoms with Crippen LogP contribution >= 0.6 is 11.8 Å². The minimum atomic E-state index is -3.56. The zero-order valence-corrected chi connectivity index (χ0v) is 18.3. The quantitative estimate of drug-likeness (QED) is 0.669. The van der Waals surface area contributed by atoms with E-state index in [0.29, 0.717) is 44.0 Å². The highest BCUT2D eigenvalue weighted by atomic mass is 32.2. The Morgan fingerprint density at radius 3 is 2.76 bits per heavy atom. The maximum atomic E-state index is 13.0. The summed E-state index contributed by atoms with van der Waals surface area (Å²) < 4.78 is 34.8. The highest BCUT2D eigenvalue weighted by Crippen LogP contribution is 2.33. The van der Waals surface area contributed by atoms with Crippen LogP contribution in [0.2, 0.25) is 0 Å². The smallest absolute Gasteiger partial charge is 0.243 e. The number of ether oxygens (including phenoxy) is 1. The van der Waals surface area contributed by atoms with Gasteiger partial charge in [0, 0.05) is 26.1 Å². The molecule has 29 heavy (non-hydrogen) atoms. The summed E-state index contributed by atoms with van der Waals surface area (Å²) in [7, 11) is -3.56. The minimum absolute atomic E-state index is 0.0591. The molecule has 1 saturated heterocycles. The molecule has 1 aliphatic carbocycles. The summed E-state index contributed by atoms with van der Waals surface area (Å²) >= 11 is 1.53. The molecule has 0 N–H and O–H groups in total. The summed E-state index contributed by atoms with van der Waals surface area (Å²) in [6, 6.07) is 5.15. The number of aromatic nitrogens is 2. The first-order valence-corrected chi connectivity index (χ1v) is 12.6. The van der Waals surface area contributed by atoms with Gasteiger partial charge in [0.25, 0.3) is 0 Å². The molecule has 2 aliphatic rings. The van der Waals surface area contributed by atoms with E-state index in [1.807, 2.05) is 13.0 Å². The van der Waals surface area contributed by atoms with Crippen LogP contribution < -0.4 is 0 Å². The van der Waals surface area contributed by atoms with Crippen LogP contribution in [-0.4, -0.2) is 59.6 Å². The SMILES string of the molecule is CCn1c(S[C@@H]2CCCCCC2=O)nc2cc(S(=O)(=O)N3CCOCC3)ccc21. The third-order valence-electron chi connectivity index (χ3n) is 5.61. The van der Waals surface area contributed by atoms with Crippen LogP contribution in [0.15, 0.2) is 28.3 Å². The molecule has 1 aromatic heterocycles. The Kier molecular flexibility index (Phi) is 6.29. The number of carbonyl (C=O) groups excluding carboxylic acids is 1. The Labute approximate surface area is 175 Å². The Hall–Kier alpha value is -1.42. The molecule has 2 aromatic rings. The molecule has 0 spiro atoms. The van der Waals surface area contributed by atoms with Gasteiger partial charge in [-0.05, 0) is 38.0 Å². The molecule has 0 bridgehead atoms. The molecule has 1 atom stereocenters. The van der Waals surface area contributed by atoms with Gasteiger partial charge in [-0.1, -0.05) is 24.6 Å². The van der Waals surface area contributed by atoms with Crippen LogP contribution in [0.5, 0.6) is 0 Å². The van der Waals surface area contributed by atoms with Crippen LogP contribution in [-0.2, 0) is 26.1 Å². The highest BCUT2D eigenvalue weighted by molar-refractivity contribution is 8.00. The Bertz CT molecular complexity index is 997. The Balaban J connectivity index is 1.66. The van der Waals surface area contributed by atoms with Gasteiger partial charge in [-0.15, -0.1) is 0 Å². The van der Waals surface area contributed by atoms with Gasteiger partial charge in [0.15, 0.2) is 5.16 Å². The molecule has 1 aromatic carbocycles. The molecule has 7 nitrogen and oxygen atoms in total. The van der Waals surface area contributed by atoms with Crippen molar-refractivity contribution in [2.75, 3.05) is 26.3 Å². The van der Waals surface area contributed by atoms with Crippen LogP contribution in [0.3, 0.4) is 0 Å². The second-order valence-electron chi connectivity index (χ2n) is 7.48. The lowest BCUT2D eigenvalue weighted by Gasteiger charge is -2.26. The Morgan fingerprint density at radius 1 is 1.21 bits per heavy atom. The summed E-state index contributed by atoms with van der Waals surface area (Å²) in [5.41, 5.74) is 1.56. The maximum absolute atomic E-state index is 13.0. The second-order valence-corrected chi connectivity index (χ2v) is 10.6. The van der Waals surface area contributed by atoms with Gasteiger partial charge in [-0.2, -0.15) is 4.31 Å². The lowest BCUT2D eigenvalue weighted by Crippen LogP contribution is -2.40. The number of imidazole rings is 1. The van der Waals surface area contributed by atoms with Gasteiger partial charge in [-0.25, -0.2) is 13.4 Å². The zero-order valence-electron chi connectivity index (χ0n) is 16.7. The summed E-state index contributed by atoms with van der Waals surface area (Å²) in [4.78, 5) is 17.4.